The Morgan fingerprint density at radius 3 is 2.47 bits per heavy atom. The van der Waals surface area contributed by atoms with Gasteiger partial charge in [-0.05, 0) is 26.7 Å². The Labute approximate surface area is 113 Å². The Balaban J connectivity index is 1.96. The van der Waals surface area contributed by atoms with Crippen LogP contribution in [0.5, 0.6) is 0 Å². The Bertz CT molecular complexity index is 400. The van der Waals surface area contributed by atoms with E-state index in [1.807, 2.05) is 6.92 Å². The summed E-state index contributed by atoms with van der Waals surface area (Å²) in [6.07, 6.45) is 5.42. The number of hydrogen-bond donors (Lipinski definition) is 2. The number of rotatable bonds is 5. The molecular formula is C14H22N2O3. The van der Waals surface area contributed by atoms with Crippen LogP contribution in [0.4, 0.5) is 0 Å². The van der Waals surface area contributed by atoms with Gasteiger partial charge in [-0.3, -0.25) is 9.97 Å². The van der Waals surface area contributed by atoms with Gasteiger partial charge in [-0.1, -0.05) is 12.8 Å². The summed E-state index contributed by atoms with van der Waals surface area (Å²) in [6.45, 7) is 3.81. The minimum Gasteiger partial charge on any atom is -0.393 e. The molecule has 5 heteroatoms. The molecule has 0 spiro atoms. The first-order chi connectivity index (χ1) is 9.04. The topological polar surface area (TPSA) is 75.5 Å². The standard InChI is InChI=1S/C14H22N2O3/c1-10-7-16-12(8-15-10)9-19-13(18)14(11(2)17)5-3-4-6-14/h7-8,11,13,17-18H,3-6,9H2,1-2H3. The maximum Gasteiger partial charge on any atom is 0.163 e. The third kappa shape index (κ3) is 3.11. The van der Waals surface area contributed by atoms with Crippen molar-refractivity contribution in [2.75, 3.05) is 0 Å². The molecule has 1 heterocycles. The lowest BCUT2D eigenvalue weighted by atomic mass is 9.80. The smallest absolute Gasteiger partial charge is 0.163 e. The summed E-state index contributed by atoms with van der Waals surface area (Å²) in [5.74, 6) is 0. The summed E-state index contributed by atoms with van der Waals surface area (Å²) >= 11 is 0. The fourth-order valence-corrected chi connectivity index (χ4v) is 2.73. The van der Waals surface area contributed by atoms with Crippen molar-refractivity contribution in [3.05, 3.63) is 23.8 Å². The molecular weight excluding hydrogens is 244 g/mol. The molecule has 106 valence electrons. The van der Waals surface area contributed by atoms with E-state index in [1.54, 1.807) is 19.3 Å². The van der Waals surface area contributed by atoms with Crippen LogP contribution in [0.25, 0.3) is 0 Å². The molecule has 1 aliphatic rings. The van der Waals surface area contributed by atoms with Crippen LogP contribution in [-0.2, 0) is 11.3 Å². The van der Waals surface area contributed by atoms with Gasteiger partial charge in [0.05, 0.1) is 30.3 Å². The molecule has 0 aromatic carbocycles. The van der Waals surface area contributed by atoms with Crippen LogP contribution in [0.1, 0.15) is 44.0 Å². The fourth-order valence-electron chi connectivity index (χ4n) is 2.73. The third-order valence-electron chi connectivity index (χ3n) is 4.08. The van der Waals surface area contributed by atoms with Crippen LogP contribution in [0.15, 0.2) is 12.4 Å². The normalized spacial score (nSPS) is 21.3. The van der Waals surface area contributed by atoms with E-state index in [9.17, 15) is 10.2 Å². The van der Waals surface area contributed by atoms with Crippen LogP contribution < -0.4 is 0 Å². The van der Waals surface area contributed by atoms with E-state index in [0.717, 1.165) is 31.4 Å². The summed E-state index contributed by atoms with van der Waals surface area (Å²) in [4.78, 5) is 8.32. The average molecular weight is 266 g/mol. The molecule has 19 heavy (non-hydrogen) atoms. The van der Waals surface area contributed by atoms with Gasteiger partial charge in [-0.25, -0.2) is 0 Å². The molecule has 1 aliphatic carbocycles. The van der Waals surface area contributed by atoms with Crippen molar-refractivity contribution in [1.82, 2.24) is 9.97 Å². The van der Waals surface area contributed by atoms with Crippen molar-refractivity contribution in [3.8, 4) is 0 Å². The third-order valence-corrected chi connectivity index (χ3v) is 4.08. The van der Waals surface area contributed by atoms with Crippen molar-refractivity contribution >= 4 is 0 Å². The maximum absolute atomic E-state index is 10.3. The SMILES string of the molecule is Cc1cnc(COC(O)C2(C(C)O)CCCC2)cn1. The first-order valence-electron chi connectivity index (χ1n) is 6.80. The molecule has 2 rings (SSSR count). The number of ether oxygens (including phenoxy) is 1. The molecule has 1 fully saturated rings. The molecule has 1 aromatic rings. The predicted octanol–water partition coefficient (Wildman–Crippen LogP) is 1.56. The number of nitrogens with zero attached hydrogens (tertiary/aromatic N) is 2. The number of aryl methyl sites for hydroxylation is 1. The van der Waals surface area contributed by atoms with Crippen LogP contribution in [0.2, 0.25) is 0 Å². The Kier molecular flexibility index (Phi) is 4.50. The first-order valence-corrected chi connectivity index (χ1v) is 6.80. The average Bonchev–Trinajstić information content (AvgIpc) is 2.88. The summed E-state index contributed by atoms with van der Waals surface area (Å²) in [6, 6.07) is 0. The highest BCUT2D eigenvalue weighted by atomic mass is 16.6. The second-order valence-electron chi connectivity index (χ2n) is 5.43. The molecule has 5 nitrogen and oxygen atoms in total. The summed E-state index contributed by atoms with van der Waals surface area (Å²) in [5, 5.41) is 20.2. The second-order valence-corrected chi connectivity index (χ2v) is 5.43. The Hall–Kier alpha value is -1.04. The zero-order valence-electron chi connectivity index (χ0n) is 11.5. The van der Waals surface area contributed by atoms with Gasteiger partial charge < -0.3 is 14.9 Å². The predicted molar refractivity (Wildman–Crippen MR) is 70.1 cm³/mol. The van der Waals surface area contributed by atoms with Crippen molar-refractivity contribution in [3.63, 3.8) is 0 Å². The molecule has 2 unspecified atom stereocenters. The van der Waals surface area contributed by atoms with E-state index in [2.05, 4.69) is 9.97 Å². The van der Waals surface area contributed by atoms with E-state index in [-0.39, 0.29) is 6.61 Å². The lowest BCUT2D eigenvalue weighted by Crippen LogP contribution is -2.43. The molecule has 0 bridgehead atoms. The van der Waals surface area contributed by atoms with Gasteiger partial charge in [0.2, 0.25) is 0 Å². The molecule has 1 saturated carbocycles. The van der Waals surface area contributed by atoms with Gasteiger partial charge in [-0.15, -0.1) is 0 Å². The van der Waals surface area contributed by atoms with Crippen molar-refractivity contribution in [2.24, 2.45) is 5.41 Å². The molecule has 0 amide bonds. The summed E-state index contributed by atoms with van der Waals surface area (Å²) in [7, 11) is 0. The molecule has 0 saturated heterocycles. The highest BCUT2D eigenvalue weighted by molar-refractivity contribution is 4.99. The van der Waals surface area contributed by atoms with Gasteiger partial charge in [0.1, 0.15) is 0 Å². The van der Waals surface area contributed by atoms with Crippen molar-refractivity contribution in [2.45, 2.75) is 58.5 Å². The maximum atomic E-state index is 10.3. The monoisotopic (exact) mass is 266 g/mol. The van der Waals surface area contributed by atoms with Crippen LogP contribution >= 0.6 is 0 Å². The fraction of sp³-hybridized carbons (Fsp3) is 0.714. The van der Waals surface area contributed by atoms with Gasteiger partial charge >= 0.3 is 0 Å². The molecule has 2 atom stereocenters. The van der Waals surface area contributed by atoms with Gasteiger partial charge in [0.15, 0.2) is 6.29 Å². The van der Waals surface area contributed by atoms with E-state index in [1.165, 1.54) is 0 Å². The molecule has 1 aromatic heterocycles. The number of aliphatic hydroxyl groups is 2. The quantitative estimate of drug-likeness (QED) is 0.791. The number of aliphatic hydroxyl groups excluding tert-OH is 2. The highest BCUT2D eigenvalue weighted by Crippen LogP contribution is 2.44. The zero-order chi connectivity index (χ0) is 13.9. The van der Waals surface area contributed by atoms with Gasteiger partial charge in [0.25, 0.3) is 0 Å². The lowest BCUT2D eigenvalue weighted by molar-refractivity contribution is -0.209. The van der Waals surface area contributed by atoms with E-state index < -0.39 is 17.8 Å². The largest absolute Gasteiger partial charge is 0.393 e. The molecule has 2 N–H and O–H groups in total. The van der Waals surface area contributed by atoms with Crippen LogP contribution in [0.3, 0.4) is 0 Å². The van der Waals surface area contributed by atoms with Crippen molar-refractivity contribution in [1.29, 1.82) is 0 Å². The Morgan fingerprint density at radius 1 is 1.26 bits per heavy atom. The summed E-state index contributed by atoms with van der Waals surface area (Å²) < 4.78 is 5.51. The first kappa shape index (κ1) is 14.4. The van der Waals surface area contributed by atoms with Gasteiger partial charge in [-0.2, -0.15) is 0 Å². The van der Waals surface area contributed by atoms with Crippen LogP contribution in [0, 0.1) is 12.3 Å². The minimum absolute atomic E-state index is 0.211. The van der Waals surface area contributed by atoms with E-state index in [4.69, 9.17) is 4.74 Å². The number of hydrogen-bond acceptors (Lipinski definition) is 5. The van der Waals surface area contributed by atoms with E-state index >= 15 is 0 Å². The van der Waals surface area contributed by atoms with Crippen molar-refractivity contribution < 1.29 is 14.9 Å². The summed E-state index contributed by atoms with van der Waals surface area (Å²) in [5.41, 5.74) is 1.00. The lowest BCUT2D eigenvalue weighted by Gasteiger charge is -2.36. The minimum atomic E-state index is -0.960. The van der Waals surface area contributed by atoms with Crippen LogP contribution in [-0.4, -0.2) is 32.6 Å². The second kappa shape index (κ2) is 5.94. The number of aromatic nitrogens is 2. The highest BCUT2D eigenvalue weighted by Gasteiger charge is 2.45. The Morgan fingerprint density at radius 2 is 1.95 bits per heavy atom. The van der Waals surface area contributed by atoms with Gasteiger partial charge in [0, 0.05) is 11.6 Å². The van der Waals surface area contributed by atoms with E-state index in [0.29, 0.717) is 5.69 Å². The zero-order valence-corrected chi connectivity index (χ0v) is 11.5. The molecule has 0 aliphatic heterocycles. The molecule has 0 radical (unpaired) electrons.